The maximum absolute atomic E-state index is 10.7. The Morgan fingerprint density at radius 3 is 2.06 bits per heavy atom. The molecule has 0 radical (unpaired) electrons. The van der Waals surface area contributed by atoms with E-state index in [2.05, 4.69) is 6.92 Å². The van der Waals surface area contributed by atoms with Gasteiger partial charge in [0.2, 0.25) is 0 Å². The molecule has 1 aromatic rings. The molecular weight excluding hydrogens is 228 g/mol. The molecule has 1 aromatic carbocycles. The molecule has 3 heteroatoms. The Balaban J connectivity index is 2.42. The zero-order valence-corrected chi connectivity index (χ0v) is 11.4. The van der Waals surface area contributed by atoms with Crippen molar-refractivity contribution in [3.8, 4) is 11.5 Å². The average molecular weight is 250 g/mol. The van der Waals surface area contributed by atoms with Gasteiger partial charge in [-0.05, 0) is 30.4 Å². The van der Waals surface area contributed by atoms with Crippen molar-refractivity contribution in [3.05, 3.63) is 23.8 Å². The molecule has 0 bridgehead atoms. The molecule has 1 atom stereocenters. The predicted octanol–water partition coefficient (Wildman–Crippen LogP) is 3.32. The van der Waals surface area contributed by atoms with E-state index in [0.717, 1.165) is 18.4 Å². The number of hydrogen-bond donors (Lipinski definition) is 1. The third-order valence-electron chi connectivity index (χ3n) is 4.15. The summed E-state index contributed by atoms with van der Waals surface area (Å²) < 4.78 is 10.7. The molecule has 1 unspecified atom stereocenters. The van der Waals surface area contributed by atoms with Gasteiger partial charge in [0.15, 0.2) is 0 Å². The summed E-state index contributed by atoms with van der Waals surface area (Å²) in [4.78, 5) is 0. The summed E-state index contributed by atoms with van der Waals surface area (Å²) in [6.07, 6.45) is 3.94. The van der Waals surface area contributed by atoms with Gasteiger partial charge in [0.1, 0.15) is 11.5 Å². The highest BCUT2D eigenvalue weighted by molar-refractivity contribution is 5.47. The van der Waals surface area contributed by atoms with Gasteiger partial charge in [0, 0.05) is 0 Å². The van der Waals surface area contributed by atoms with Crippen molar-refractivity contribution < 1.29 is 14.6 Å². The molecular formula is C15H22O3. The van der Waals surface area contributed by atoms with E-state index >= 15 is 0 Å². The minimum absolute atomic E-state index is 0.0675. The largest absolute Gasteiger partial charge is 0.496 e. The highest BCUT2D eigenvalue weighted by Gasteiger charge is 2.39. The molecule has 0 spiro atoms. The zero-order chi connectivity index (χ0) is 13.2. The highest BCUT2D eigenvalue weighted by atomic mass is 16.5. The molecule has 3 nitrogen and oxygen atoms in total. The third kappa shape index (κ3) is 2.19. The first-order valence-corrected chi connectivity index (χ1v) is 6.51. The fourth-order valence-corrected chi connectivity index (χ4v) is 2.95. The van der Waals surface area contributed by atoms with Crippen molar-refractivity contribution in [2.75, 3.05) is 14.2 Å². The minimum Gasteiger partial charge on any atom is -0.496 e. The fourth-order valence-electron chi connectivity index (χ4n) is 2.95. The lowest BCUT2D eigenvalue weighted by atomic mass is 9.79. The molecule has 0 aromatic heterocycles. The van der Waals surface area contributed by atoms with Crippen LogP contribution in [0.15, 0.2) is 18.2 Å². The number of aliphatic hydroxyl groups excluding tert-OH is 1. The Morgan fingerprint density at radius 1 is 1.11 bits per heavy atom. The summed E-state index contributed by atoms with van der Waals surface area (Å²) in [6, 6.07) is 5.63. The number of benzene rings is 1. The van der Waals surface area contributed by atoms with Gasteiger partial charge < -0.3 is 14.6 Å². The summed E-state index contributed by atoms with van der Waals surface area (Å²) in [7, 11) is 3.25. The molecule has 100 valence electrons. The molecule has 1 fully saturated rings. The molecule has 1 aliphatic rings. The van der Waals surface area contributed by atoms with Crippen LogP contribution in [-0.2, 0) is 0 Å². The molecule has 0 saturated heterocycles. The van der Waals surface area contributed by atoms with Crippen LogP contribution in [0, 0.1) is 5.41 Å². The van der Waals surface area contributed by atoms with E-state index in [1.165, 1.54) is 12.8 Å². The predicted molar refractivity (Wildman–Crippen MR) is 71.1 cm³/mol. The van der Waals surface area contributed by atoms with Crippen LogP contribution in [-0.4, -0.2) is 19.3 Å². The first-order valence-electron chi connectivity index (χ1n) is 6.51. The van der Waals surface area contributed by atoms with Crippen molar-refractivity contribution >= 4 is 0 Å². The van der Waals surface area contributed by atoms with E-state index < -0.39 is 6.10 Å². The van der Waals surface area contributed by atoms with Crippen molar-refractivity contribution in [3.63, 3.8) is 0 Å². The maximum atomic E-state index is 10.7. The van der Waals surface area contributed by atoms with Gasteiger partial charge in [-0.25, -0.2) is 0 Å². The summed E-state index contributed by atoms with van der Waals surface area (Å²) in [5.74, 6) is 1.41. The van der Waals surface area contributed by atoms with Gasteiger partial charge in [-0.1, -0.05) is 25.8 Å². The SMILES string of the molecule is COc1cccc(OC)c1C(O)C1(C)CCCC1. The van der Waals surface area contributed by atoms with Crippen LogP contribution in [0.3, 0.4) is 0 Å². The van der Waals surface area contributed by atoms with E-state index in [0.29, 0.717) is 11.5 Å². The van der Waals surface area contributed by atoms with Crippen LogP contribution in [0.25, 0.3) is 0 Å². The van der Waals surface area contributed by atoms with Gasteiger partial charge in [-0.2, -0.15) is 0 Å². The van der Waals surface area contributed by atoms with E-state index in [-0.39, 0.29) is 5.41 Å². The third-order valence-corrected chi connectivity index (χ3v) is 4.15. The van der Waals surface area contributed by atoms with Crippen LogP contribution in [0.5, 0.6) is 11.5 Å². The molecule has 2 rings (SSSR count). The zero-order valence-electron chi connectivity index (χ0n) is 11.4. The first kappa shape index (κ1) is 13.2. The van der Waals surface area contributed by atoms with Crippen LogP contribution >= 0.6 is 0 Å². The summed E-state index contributed by atoms with van der Waals surface area (Å²) in [6.45, 7) is 2.15. The maximum Gasteiger partial charge on any atom is 0.128 e. The van der Waals surface area contributed by atoms with Crippen molar-refractivity contribution in [2.45, 2.75) is 38.7 Å². The minimum atomic E-state index is -0.536. The lowest BCUT2D eigenvalue weighted by Crippen LogP contribution is -2.23. The highest BCUT2D eigenvalue weighted by Crippen LogP contribution is 2.51. The number of aliphatic hydroxyl groups is 1. The second-order valence-corrected chi connectivity index (χ2v) is 5.34. The molecule has 18 heavy (non-hydrogen) atoms. The number of hydrogen-bond acceptors (Lipinski definition) is 3. The topological polar surface area (TPSA) is 38.7 Å². The van der Waals surface area contributed by atoms with Crippen LogP contribution in [0.4, 0.5) is 0 Å². The Morgan fingerprint density at radius 2 is 1.61 bits per heavy atom. The lowest BCUT2D eigenvalue weighted by Gasteiger charge is -2.32. The second kappa shape index (κ2) is 5.19. The number of rotatable bonds is 4. The van der Waals surface area contributed by atoms with E-state index in [1.807, 2.05) is 18.2 Å². The summed E-state index contributed by atoms with van der Waals surface area (Å²) in [5.41, 5.74) is 0.717. The number of methoxy groups -OCH3 is 2. The molecule has 1 aliphatic carbocycles. The van der Waals surface area contributed by atoms with E-state index in [4.69, 9.17) is 9.47 Å². The van der Waals surface area contributed by atoms with Gasteiger partial charge in [-0.3, -0.25) is 0 Å². The Kier molecular flexibility index (Phi) is 3.81. The van der Waals surface area contributed by atoms with Crippen molar-refractivity contribution in [1.29, 1.82) is 0 Å². The Hall–Kier alpha value is -1.22. The summed E-state index contributed by atoms with van der Waals surface area (Å²) >= 11 is 0. The standard InChI is InChI=1S/C15H22O3/c1-15(9-4-5-10-15)14(16)13-11(17-2)7-6-8-12(13)18-3/h6-8,14,16H,4-5,9-10H2,1-3H3. The van der Waals surface area contributed by atoms with E-state index in [1.54, 1.807) is 14.2 Å². The van der Waals surface area contributed by atoms with Gasteiger partial charge in [0.05, 0.1) is 25.9 Å². The normalized spacial score (nSPS) is 19.6. The average Bonchev–Trinajstić information content (AvgIpc) is 2.85. The van der Waals surface area contributed by atoms with Crippen LogP contribution < -0.4 is 9.47 Å². The van der Waals surface area contributed by atoms with Crippen molar-refractivity contribution in [1.82, 2.24) is 0 Å². The Bertz CT molecular complexity index is 386. The van der Waals surface area contributed by atoms with Gasteiger partial charge >= 0.3 is 0 Å². The smallest absolute Gasteiger partial charge is 0.128 e. The molecule has 0 amide bonds. The summed E-state index contributed by atoms with van der Waals surface area (Å²) in [5, 5.41) is 10.7. The Labute approximate surface area is 109 Å². The molecule has 1 N–H and O–H groups in total. The quantitative estimate of drug-likeness (QED) is 0.891. The van der Waals surface area contributed by atoms with E-state index in [9.17, 15) is 5.11 Å². The first-order chi connectivity index (χ1) is 8.62. The monoisotopic (exact) mass is 250 g/mol. The number of ether oxygens (including phenoxy) is 2. The molecule has 0 heterocycles. The van der Waals surface area contributed by atoms with Gasteiger partial charge in [0.25, 0.3) is 0 Å². The van der Waals surface area contributed by atoms with Crippen LogP contribution in [0.1, 0.15) is 44.3 Å². The molecule has 0 aliphatic heterocycles. The lowest BCUT2D eigenvalue weighted by molar-refractivity contribution is 0.0369. The molecule has 1 saturated carbocycles. The fraction of sp³-hybridized carbons (Fsp3) is 0.600. The van der Waals surface area contributed by atoms with Crippen molar-refractivity contribution in [2.24, 2.45) is 5.41 Å². The van der Waals surface area contributed by atoms with Gasteiger partial charge in [-0.15, -0.1) is 0 Å². The second-order valence-electron chi connectivity index (χ2n) is 5.34. The van der Waals surface area contributed by atoms with Crippen LogP contribution in [0.2, 0.25) is 0 Å².